The van der Waals surface area contributed by atoms with E-state index in [-0.39, 0.29) is 5.65 Å². The van der Waals surface area contributed by atoms with Crippen LogP contribution in [0, 0.1) is 6.92 Å². The molecule has 0 aliphatic heterocycles. The van der Waals surface area contributed by atoms with E-state index in [1.54, 1.807) is 32.0 Å². The van der Waals surface area contributed by atoms with Gasteiger partial charge in [0.05, 0.1) is 0 Å². The van der Waals surface area contributed by atoms with Crippen molar-refractivity contribution in [1.29, 1.82) is 0 Å². The lowest BCUT2D eigenvalue weighted by Gasteiger charge is -2.06. The van der Waals surface area contributed by atoms with E-state index in [1.807, 2.05) is 0 Å². The van der Waals surface area contributed by atoms with Crippen LogP contribution in [0.3, 0.4) is 0 Å². The Morgan fingerprint density at radius 3 is 2.62 bits per heavy atom. The smallest absolute Gasteiger partial charge is 0.383 e. The number of ketones is 1. The van der Waals surface area contributed by atoms with Crippen LogP contribution >= 0.6 is 0 Å². The summed E-state index contributed by atoms with van der Waals surface area (Å²) in [4.78, 5) is 17.2. The number of rotatable bonds is 3. The summed E-state index contributed by atoms with van der Waals surface area (Å²) in [6, 6.07) is 3.13. The SMILES string of the molecule is Cc1ccn2c(C(=O)/C=C/N(C)C)c(C(F)(F)F)nc2c1. The molecule has 0 saturated carbocycles. The number of carbonyl (C=O) groups excluding carboxylic acids is 1. The molecule has 0 unspecified atom stereocenters. The van der Waals surface area contributed by atoms with Crippen LogP contribution in [0.4, 0.5) is 13.2 Å². The lowest BCUT2D eigenvalue weighted by molar-refractivity contribution is -0.141. The van der Waals surface area contributed by atoms with Crippen molar-refractivity contribution in [1.82, 2.24) is 14.3 Å². The molecule has 0 amide bonds. The Hall–Kier alpha value is -2.31. The number of nitrogens with zero attached hydrogens (tertiary/aromatic N) is 3. The predicted molar refractivity (Wildman–Crippen MR) is 72.1 cm³/mol. The summed E-state index contributed by atoms with van der Waals surface area (Å²) in [6.07, 6.45) is -0.769. The van der Waals surface area contributed by atoms with Crippen molar-refractivity contribution in [2.45, 2.75) is 13.1 Å². The lowest BCUT2D eigenvalue weighted by Crippen LogP contribution is -2.14. The van der Waals surface area contributed by atoms with Crippen LogP contribution in [0.2, 0.25) is 0 Å². The Balaban J connectivity index is 2.66. The predicted octanol–water partition coefficient (Wildman–Crippen LogP) is 2.92. The van der Waals surface area contributed by atoms with Crippen molar-refractivity contribution in [2.75, 3.05) is 14.1 Å². The molecule has 21 heavy (non-hydrogen) atoms. The van der Waals surface area contributed by atoms with E-state index in [9.17, 15) is 18.0 Å². The van der Waals surface area contributed by atoms with Crippen LogP contribution in [-0.2, 0) is 6.18 Å². The van der Waals surface area contributed by atoms with Gasteiger partial charge in [0, 0.05) is 32.6 Å². The number of alkyl halides is 3. The van der Waals surface area contributed by atoms with Crippen molar-refractivity contribution in [3.63, 3.8) is 0 Å². The monoisotopic (exact) mass is 297 g/mol. The molecule has 0 aliphatic rings. The highest BCUT2D eigenvalue weighted by molar-refractivity contribution is 6.04. The number of imidazole rings is 1. The van der Waals surface area contributed by atoms with Crippen LogP contribution in [0.25, 0.3) is 5.65 Å². The molecule has 0 spiro atoms. The zero-order valence-electron chi connectivity index (χ0n) is 11.8. The molecule has 0 N–H and O–H groups in total. The Morgan fingerprint density at radius 1 is 1.38 bits per heavy atom. The quantitative estimate of drug-likeness (QED) is 0.646. The Labute approximate surface area is 119 Å². The van der Waals surface area contributed by atoms with Gasteiger partial charge in [0.25, 0.3) is 0 Å². The highest BCUT2D eigenvalue weighted by Gasteiger charge is 2.39. The second-order valence-corrected chi connectivity index (χ2v) is 4.88. The third-order valence-electron chi connectivity index (χ3n) is 2.81. The van der Waals surface area contributed by atoms with E-state index in [4.69, 9.17) is 0 Å². The Morgan fingerprint density at radius 2 is 2.05 bits per heavy atom. The van der Waals surface area contributed by atoms with Gasteiger partial charge in [-0.1, -0.05) is 0 Å². The largest absolute Gasteiger partial charge is 0.435 e. The maximum Gasteiger partial charge on any atom is 0.435 e. The molecule has 2 heterocycles. The number of hydrogen-bond acceptors (Lipinski definition) is 3. The summed E-state index contributed by atoms with van der Waals surface area (Å²) in [5.41, 5.74) is -0.773. The molecule has 0 aliphatic carbocycles. The fraction of sp³-hybridized carbons (Fsp3) is 0.286. The highest BCUT2D eigenvalue weighted by Crippen LogP contribution is 2.32. The maximum atomic E-state index is 13.1. The van der Waals surface area contributed by atoms with Crippen LogP contribution in [0.1, 0.15) is 21.7 Å². The van der Waals surface area contributed by atoms with Gasteiger partial charge in [-0.05, 0) is 24.6 Å². The molecule has 0 fully saturated rings. The molecule has 112 valence electrons. The number of allylic oxidation sites excluding steroid dienone is 1. The average molecular weight is 297 g/mol. The van der Waals surface area contributed by atoms with Crippen molar-refractivity contribution in [2.24, 2.45) is 0 Å². The molecule has 4 nitrogen and oxygen atoms in total. The third-order valence-corrected chi connectivity index (χ3v) is 2.81. The highest BCUT2D eigenvalue weighted by atomic mass is 19.4. The van der Waals surface area contributed by atoms with Gasteiger partial charge in [-0.15, -0.1) is 0 Å². The van der Waals surface area contributed by atoms with Crippen molar-refractivity contribution in [3.05, 3.63) is 47.6 Å². The summed E-state index contributed by atoms with van der Waals surface area (Å²) in [7, 11) is 3.35. The van der Waals surface area contributed by atoms with Crippen molar-refractivity contribution >= 4 is 11.4 Å². The molecule has 0 bridgehead atoms. The topological polar surface area (TPSA) is 37.6 Å². The van der Waals surface area contributed by atoms with E-state index < -0.39 is 23.3 Å². The molecule has 0 radical (unpaired) electrons. The van der Waals surface area contributed by atoms with E-state index >= 15 is 0 Å². The minimum absolute atomic E-state index is 0.101. The number of aromatic nitrogens is 2. The van der Waals surface area contributed by atoms with Gasteiger partial charge >= 0.3 is 6.18 Å². The van der Waals surface area contributed by atoms with E-state index in [0.29, 0.717) is 0 Å². The lowest BCUT2D eigenvalue weighted by atomic mass is 10.2. The van der Waals surface area contributed by atoms with Gasteiger partial charge in [-0.2, -0.15) is 13.2 Å². The second-order valence-electron chi connectivity index (χ2n) is 4.88. The van der Waals surface area contributed by atoms with Crippen molar-refractivity contribution < 1.29 is 18.0 Å². The average Bonchev–Trinajstić information content (AvgIpc) is 2.74. The first-order valence-electron chi connectivity index (χ1n) is 6.15. The molecule has 2 aromatic heterocycles. The zero-order valence-corrected chi connectivity index (χ0v) is 11.8. The molecule has 2 aromatic rings. The van der Waals surface area contributed by atoms with E-state index in [1.165, 1.54) is 18.5 Å². The molecular weight excluding hydrogens is 283 g/mol. The minimum Gasteiger partial charge on any atom is -0.383 e. The molecular formula is C14H14F3N3O. The number of aryl methyl sites for hydroxylation is 1. The number of fused-ring (bicyclic) bond motifs is 1. The van der Waals surface area contributed by atoms with Gasteiger partial charge in [0.1, 0.15) is 11.3 Å². The molecule has 0 atom stereocenters. The summed E-state index contributed by atoms with van der Waals surface area (Å²) in [5.74, 6) is -0.743. The number of carbonyl (C=O) groups is 1. The second kappa shape index (κ2) is 5.23. The van der Waals surface area contributed by atoms with E-state index in [0.717, 1.165) is 16.0 Å². The van der Waals surface area contributed by atoms with Crippen LogP contribution in [0.15, 0.2) is 30.6 Å². The van der Waals surface area contributed by atoms with Crippen LogP contribution < -0.4 is 0 Å². The fourth-order valence-electron chi connectivity index (χ4n) is 1.88. The summed E-state index contributed by atoms with van der Waals surface area (Å²) >= 11 is 0. The minimum atomic E-state index is -4.68. The first kappa shape index (κ1) is 15.1. The molecule has 7 heteroatoms. The van der Waals surface area contributed by atoms with Crippen molar-refractivity contribution in [3.8, 4) is 0 Å². The Bertz CT molecular complexity index is 714. The summed E-state index contributed by atoms with van der Waals surface area (Å²) < 4.78 is 40.4. The van der Waals surface area contributed by atoms with Crippen LogP contribution in [0.5, 0.6) is 0 Å². The molecule has 2 rings (SSSR count). The third kappa shape index (κ3) is 3.07. The van der Waals surface area contributed by atoms with E-state index in [2.05, 4.69) is 4.98 Å². The van der Waals surface area contributed by atoms with Gasteiger partial charge < -0.3 is 4.90 Å². The zero-order chi connectivity index (χ0) is 15.8. The van der Waals surface area contributed by atoms with Gasteiger partial charge in [-0.3, -0.25) is 9.20 Å². The first-order chi connectivity index (χ1) is 9.70. The standard InChI is InChI=1S/C14H14F3N3O/c1-9-4-7-20-11(8-9)18-13(14(15,16)17)12(20)10(21)5-6-19(2)3/h4-8H,1-3H3/b6-5+. The molecule has 0 saturated heterocycles. The molecule has 0 aromatic carbocycles. The number of halogens is 3. The van der Waals surface area contributed by atoms with Gasteiger partial charge in [0.2, 0.25) is 5.78 Å². The number of hydrogen-bond donors (Lipinski definition) is 0. The number of pyridine rings is 1. The normalized spacial score (nSPS) is 12.3. The van der Waals surface area contributed by atoms with Gasteiger partial charge in [-0.25, -0.2) is 4.98 Å². The summed E-state index contributed by atoms with van der Waals surface area (Å²) in [5, 5.41) is 0. The first-order valence-corrected chi connectivity index (χ1v) is 6.15. The maximum absolute atomic E-state index is 13.1. The van der Waals surface area contributed by atoms with Gasteiger partial charge in [0.15, 0.2) is 5.69 Å². The van der Waals surface area contributed by atoms with Crippen LogP contribution in [-0.4, -0.2) is 34.2 Å². The Kier molecular flexibility index (Phi) is 3.76. The fourth-order valence-corrected chi connectivity index (χ4v) is 1.88. The summed E-state index contributed by atoms with van der Waals surface area (Å²) in [6.45, 7) is 1.75.